The molecule has 1 amide bonds. The maximum Gasteiger partial charge on any atom is 0.254 e. The highest BCUT2D eigenvalue weighted by Gasteiger charge is 2.42. The monoisotopic (exact) mass is 283 g/mol. The molecule has 0 N–H and O–H groups in total. The van der Waals surface area contributed by atoms with Crippen molar-refractivity contribution < 1.29 is 4.79 Å². The number of benzene rings is 1. The van der Waals surface area contributed by atoms with Crippen LogP contribution in [0, 0.1) is 0 Å². The van der Waals surface area contributed by atoms with Crippen molar-refractivity contribution in [2.24, 2.45) is 0 Å². The second kappa shape index (κ2) is 4.75. The van der Waals surface area contributed by atoms with Crippen LogP contribution in [-0.4, -0.2) is 28.3 Å². The molecule has 0 aliphatic carbocycles. The smallest absolute Gasteiger partial charge is 0.254 e. The van der Waals surface area contributed by atoms with Gasteiger partial charge in [0, 0.05) is 28.0 Å². The van der Waals surface area contributed by atoms with Crippen LogP contribution in [0.15, 0.2) is 24.3 Å². The minimum Gasteiger partial charge on any atom is -0.333 e. The second-order valence-electron chi connectivity index (χ2n) is 5.17. The molecule has 2 bridgehead atoms. The zero-order valence-electron chi connectivity index (χ0n) is 9.98. The molecule has 2 aliphatic rings. The minimum atomic E-state index is 0.128. The minimum absolute atomic E-state index is 0.128. The lowest BCUT2D eigenvalue weighted by atomic mass is 10.0. The highest BCUT2D eigenvalue weighted by atomic mass is 35.5. The summed E-state index contributed by atoms with van der Waals surface area (Å²) in [5.41, 5.74) is 0.726. The molecular weight excluding hydrogens is 269 g/mol. The summed E-state index contributed by atoms with van der Waals surface area (Å²) in [6.45, 7) is 0. The number of rotatable bonds is 1. The number of alkyl halides is 1. The van der Waals surface area contributed by atoms with Crippen LogP contribution >= 0.6 is 23.2 Å². The molecule has 0 spiro atoms. The summed E-state index contributed by atoms with van der Waals surface area (Å²) in [5, 5.41) is 0.894. The molecule has 0 saturated carbocycles. The molecule has 4 heteroatoms. The van der Waals surface area contributed by atoms with Gasteiger partial charge in [-0.2, -0.15) is 0 Å². The highest BCUT2D eigenvalue weighted by molar-refractivity contribution is 6.30. The van der Waals surface area contributed by atoms with Gasteiger partial charge in [0.15, 0.2) is 0 Å². The fourth-order valence-corrected chi connectivity index (χ4v) is 3.72. The molecule has 1 aromatic rings. The van der Waals surface area contributed by atoms with Crippen LogP contribution in [0.2, 0.25) is 5.02 Å². The van der Waals surface area contributed by atoms with Crippen LogP contribution in [-0.2, 0) is 0 Å². The predicted molar refractivity (Wildman–Crippen MR) is 73.3 cm³/mol. The van der Waals surface area contributed by atoms with Crippen molar-refractivity contribution in [3.8, 4) is 0 Å². The topological polar surface area (TPSA) is 20.3 Å². The molecule has 2 nitrogen and oxygen atoms in total. The molecule has 1 aromatic carbocycles. The Bertz CT molecular complexity index is 445. The Balaban J connectivity index is 1.83. The van der Waals surface area contributed by atoms with E-state index in [0.29, 0.717) is 17.1 Å². The number of hydrogen-bond donors (Lipinski definition) is 0. The molecule has 2 atom stereocenters. The standard InChI is InChI=1S/C14H15Cl2NO/c15-10-3-1-9(2-4-10)14(18)17-12-5-6-13(17)8-11(16)7-12/h1-4,11-13H,5-8H2. The van der Waals surface area contributed by atoms with Gasteiger partial charge in [-0.3, -0.25) is 4.79 Å². The van der Waals surface area contributed by atoms with E-state index in [-0.39, 0.29) is 11.3 Å². The third-order valence-corrected chi connectivity index (χ3v) is 4.61. The van der Waals surface area contributed by atoms with Crippen LogP contribution < -0.4 is 0 Å². The van der Waals surface area contributed by atoms with E-state index in [1.165, 1.54) is 0 Å². The van der Waals surface area contributed by atoms with Crippen LogP contribution in [0.25, 0.3) is 0 Å². The number of piperidine rings is 1. The fraction of sp³-hybridized carbons (Fsp3) is 0.500. The first-order valence-electron chi connectivity index (χ1n) is 6.37. The van der Waals surface area contributed by atoms with Crippen molar-refractivity contribution in [2.75, 3.05) is 0 Å². The summed E-state index contributed by atoms with van der Waals surface area (Å²) in [6.07, 6.45) is 4.04. The largest absolute Gasteiger partial charge is 0.333 e. The van der Waals surface area contributed by atoms with E-state index in [1.54, 1.807) is 24.3 Å². The Hall–Kier alpha value is -0.730. The fourth-order valence-electron chi connectivity index (χ4n) is 3.18. The molecule has 2 saturated heterocycles. The lowest BCUT2D eigenvalue weighted by Crippen LogP contribution is -2.46. The molecule has 2 aliphatic heterocycles. The van der Waals surface area contributed by atoms with Crippen molar-refractivity contribution in [1.29, 1.82) is 0 Å². The number of carbonyl (C=O) groups excluding carboxylic acids is 1. The molecule has 3 rings (SSSR count). The number of halogens is 2. The maximum absolute atomic E-state index is 12.5. The third-order valence-electron chi connectivity index (χ3n) is 4.00. The highest BCUT2D eigenvalue weighted by Crippen LogP contribution is 2.38. The van der Waals surface area contributed by atoms with Gasteiger partial charge in [0.2, 0.25) is 0 Å². The maximum atomic E-state index is 12.5. The zero-order chi connectivity index (χ0) is 12.7. The predicted octanol–water partition coefficient (Wildman–Crippen LogP) is 3.71. The van der Waals surface area contributed by atoms with Crippen molar-refractivity contribution in [1.82, 2.24) is 4.90 Å². The molecule has 2 heterocycles. The van der Waals surface area contributed by atoms with Crippen LogP contribution in [0.4, 0.5) is 0 Å². The molecular formula is C14H15Cl2NO. The van der Waals surface area contributed by atoms with Crippen LogP contribution in [0.5, 0.6) is 0 Å². The summed E-state index contributed by atoms with van der Waals surface area (Å²) in [6, 6.07) is 7.80. The van der Waals surface area contributed by atoms with Gasteiger partial charge in [0.25, 0.3) is 5.91 Å². The lowest BCUT2D eigenvalue weighted by Gasteiger charge is -2.37. The first-order valence-corrected chi connectivity index (χ1v) is 7.19. The molecule has 0 radical (unpaired) electrons. The van der Waals surface area contributed by atoms with E-state index >= 15 is 0 Å². The Morgan fingerprint density at radius 1 is 1.11 bits per heavy atom. The van der Waals surface area contributed by atoms with Crippen molar-refractivity contribution in [2.45, 2.75) is 43.1 Å². The van der Waals surface area contributed by atoms with Gasteiger partial charge in [-0.05, 0) is 49.9 Å². The molecule has 0 aromatic heterocycles. The first-order chi connectivity index (χ1) is 8.65. The Morgan fingerprint density at radius 3 is 2.22 bits per heavy atom. The Morgan fingerprint density at radius 2 is 1.67 bits per heavy atom. The number of nitrogens with zero attached hydrogens (tertiary/aromatic N) is 1. The molecule has 18 heavy (non-hydrogen) atoms. The average Bonchev–Trinajstić information content (AvgIpc) is 2.62. The normalized spacial score (nSPS) is 30.6. The Kier molecular flexibility index (Phi) is 3.25. The summed E-state index contributed by atoms with van der Waals surface area (Å²) in [7, 11) is 0. The van der Waals surface area contributed by atoms with Crippen molar-refractivity contribution >= 4 is 29.1 Å². The van der Waals surface area contributed by atoms with E-state index in [9.17, 15) is 4.79 Å². The van der Waals surface area contributed by atoms with Gasteiger partial charge in [0.05, 0.1) is 0 Å². The van der Waals surface area contributed by atoms with Gasteiger partial charge >= 0.3 is 0 Å². The van der Waals surface area contributed by atoms with Gasteiger partial charge in [0.1, 0.15) is 0 Å². The first kappa shape index (κ1) is 12.3. The summed E-state index contributed by atoms with van der Waals surface area (Å²) in [5.74, 6) is 0.128. The van der Waals surface area contributed by atoms with Crippen LogP contribution in [0.3, 0.4) is 0 Å². The SMILES string of the molecule is O=C(c1ccc(Cl)cc1)N1C2CCC1CC(Cl)C2. The third kappa shape index (κ3) is 2.12. The summed E-state index contributed by atoms with van der Waals surface area (Å²) in [4.78, 5) is 14.6. The Labute approximate surface area is 117 Å². The zero-order valence-corrected chi connectivity index (χ0v) is 11.5. The van der Waals surface area contributed by atoms with E-state index in [1.807, 2.05) is 4.90 Å². The summed E-state index contributed by atoms with van der Waals surface area (Å²) >= 11 is 12.1. The molecule has 96 valence electrons. The summed E-state index contributed by atoms with van der Waals surface area (Å²) < 4.78 is 0. The second-order valence-corrected chi connectivity index (χ2v) is 6.23. The van der Waals surface area contributed by atoms with E-state index < -0.39 is 0 Å². The number of carbonyl (C=O) groups is 1. The molecule has 2 fully saturated rings. The van der Waals surface area contributed by atoms with E-state index in [2.05, 4.69) is 0 Å². The average molecular weight is 284 g/mol. The van der Waals surface area contributed by atoms with Crippen molar-refractivity contribution in [3.63, 3.8) is 0 Å². The van der Waals surface area contributed by atoms with Gasteiger partial charge in [-0.25, -0.2) is 0 Å². The van der Waals surface area contributed by atoms with Crippen molar-refractivity contribution in [3.05, 3.63) is 34.9 Å². The number of hydrogen-bond acceptors (Lipinski definition) is 1. The van der Waals surface area contributed by atoms with E-state index in [0.717, 1.165) is 31.2 Å². The number of fused-ring (bicyclic) bond motifs is 2. The quantitative estimate of drug-likeness (QED) is 0.720. The van der Waals surface area contributed by atoms with E-state index in [4.69, 9.17) is 23.2 Å². The van der Waals surface area contributed by atoms with Crippen LogP contribution in [0.1, 0.15) is 36.0 Å². The van der Waals surface area contributed by atoms with Gasteiger partial charge in [-0.1, -0.05) is 11.6 Å². The van der Waals surface area contributed by atoms with Gasteiger partial charge in [-0.15, -0.1) is 11.6 Å². The molecule has 2 unspecified atom stereocenters. The van der Waals surface area contributed by atoms with Gasteiger partial charge < -0.3 is 4.90 Å². The lowest BCUT2D eigenvalue weighted by molar-refractivity contribution is 0.0599. The number of amides is 1.